The van der Waals surface area contributed by atoms with Crippen molar-refractivity contribution in [2.45, 2.75) is 25.8 Å². The summed E-state index contributed by atoms with van der Waals surface area (Å²) in [5, 5.41) is 10.8. The number of rotatable bonds is 5. The van der Waals surface area contributed by atoms with Gasteiger partial charge < -0.3 is 4.90 Å². The van der Waals surface area contributed by atoms with Crippen LogP contribution < -0.4 is 4.90 Å². The highest BCUT2D eigenvalue weighted by Crippen LogP contribution is 2.33. The Kier molecular flexibility index (Phi) is 5.32. The first-order valence-electron chi connectivity index (χ1n) is 8.78. The number of nitro groups is 1. The summed E-state index contributed by atoms with van der Waals surface area (Å²) < 4.78 is 0. The van der Waals surface area contributed by atoms with E-state index in [4.69, 9.17) is 0 Å². The van der Waals surface area contributed by atoms with Gasteiger partial charge in [-0.2, -0.15) is 0 Å². The number of non-ortho nitro benzene ring substituents is 1. The Hall–Kier alpha value is -2.73. The Morgan fingerprint density at radius 1 is 1.23 bits per heavy atom. The molecule has 1 aliphatic rings. The quantitative estimate of drug-likeness (QED) is 0.607. The summed E-state index contributed by atoms with van der Waals surface area (Å²) in [6.07, 6.45) is 2.13. The Bertz CT molecular complexity index is 804. The highest BCUT2D eigenvalue weighted by Gasteiger charge is 2.29. The lowest BCUT2D eigenvalue weighted by Crippen LogP contribution is -2.38. The van der Waals surface area contributed by atoms with E-state index in [2.05, 4.69) is 24.0 Å². The van der Waals surface area contributed by atoms with Crippen molar-refractivity contribution in [2.75, 3.05) is 25.0 Å². The number of likely N-dealkylation sites (tertiary alicyclic amines) is 1. The molecule has 0 bridgehead atoms. The number of aryl methyl sites for hydroxylation is 1. The van der Waals surface area contributed by atoms with Crippen molar-refractivity contribution in [3.8, 4) is 0 Å². The van der Waals surface area contributed by atoms with Crippen LogP contribution in [0.5, 0.6) is 0 Å². The zero-order valence-corrected chi connectivity index (χ0v) is 15.1. The summed E-state index contributed by atoms with van der Waals surface area (Å²) in [5.74, 6) is -0.0145. The second kappa shape index (κ2) is 7.66. The molecular weight excluding hydrogens is 330 g/mol. The van der Waals surface area contributed by atoms with Crippen molar-refractivity contribution >= 4 is 17.3 Å². The van der Waals surface area contributed by atoms with Crippen LogP contribution >= 0.6 is 0 Å². The second-order valence-electron chi connectivity index (χ2n) is 6.71. The van der Waals surface area contributed by atoms with Gasteiger partial charge in [-0.3, -0.25) is 19.8 Å². The van der Waals surface area contributed by atoms with E-state index >= 15 is 0 Å². The summed E-state index contributed by atoms with van der Waals surface area (Å²) in [5.41, 5.74) is 3.22. The molecule has 0 spiro atoms. The number of benzene rings is 2. The molecule has 136 valence electrons. The fraction of sp³-hybridized carbons (Fsp3) is 0.350. The van der Waals surface area contributed by atoms with Crippen LogP contribution in [0.15, 0.2) is 48.5 Å². The number of nitro benzene ring substituents is 1. The topological polar surface area (TPSA) is 66.7 Å². The zero-order valence-electron chi connectivity index (χ0n) is 15.1. The van der Waals surface area contributed by atoms with Crippen LogP contribution in [0.25, 0.3) is 0 Å². The molecule has 1 amide bonds. The predicted molar refractivity (Wildman–Crippen MR) is 101 cm³/mol. The van der Waals surface area contributed by atoms with Gasteiger partial charge in [0, 0.05) is 30.9 Å². The maximum Gasteiger partial charge on any atom is 0.269 e. The molecule has 1 fully saturated rings. The largest absolute Gasteiger partial charge is 0.314 e. The van der Waals surface area contributed by atoms with Gasteiger partial charge in [-0.15, -0.1) is 0 Å². The Labute approximate surface area is 153 Å². The molecule has 0 aliphatic carbocycles. The highest BCUT2D eigenvalue weighted by atomic mass is 16.6. The Morgan fingerprint density at radius 3 is 2.58 bits per heavy atom. The molecule has 6 nitrogen and oxygen atoms in total. The van der Waals surface area contributed by atoms with Crippen molar-refractivity contribution in [3.05, 3.63) is 69.8 Å². The van der Waals surface area contributed by atoms with E-state index in [0.717, 1.165) is 19.4 Å². The molecule has 1 atom stereocenters. The molecule has 2 aromatic rings. The second-order valence-corrected chi connectivity index (χ2v) is 6.71. The zero-order chi connectivity index (χ0) is 18.7. The molecular formula is C20H23N3O3. The summed E-state index contributed by atoms with van der Waals surface area (Å²) in [6.45, 7) is 3.35. The third kappa shape index (κ3) is 3.75. The van der Waals surface area contributed by atoms with E-state index in [1.54, 1.807) is 24.1 Å². The number of anilines is 1. The first-order valence-corrected chi connectivity index (χ1v) is 8.78. The number of carbonyl (C=O) groups is 1. The average Bonchev–Trinajstić information content (AvgIpc) is 3.09. The summed E-state index contributed by atoms with van der Waals surface area (Å²) in [6, 6.07) is 14.7. The Balaban J connectivity index is 1.70. The standard InChI is InChI=1S/C20H23N3O3/c1-15-6-3-4-7-18(15)19-8-5-13-22(19)14-20(24)21(2)16-9-11-17(12-10-16)23(25)26/h3-4,6-7,9-12,19H,5,8,13-14H2,1-2H3. The number of hydrogen-bond acceptors (Lipinski definition) is 4. The molecule has 1 unspecified atom stereocenters. The van der Waals surface area contributed by atoms with Crippen molar-refractivity contribution in [1.29, 1.82) is 0 Å². The maximum absolute atomic E-state index is 12.7. The number of hydrogen-bond donors (Lipinski definition) is 0. The smallest absolute Gasteiger partial charge is 0.269 e. The van der Waals surface area contributed by atoms with Gasteiger partial charge in [0.15, 0.2) is 0 Å². The van der Waals surface area contributed by atoms with Crippen molar-refractivity contribution in [2.24, 2.45) is 0 Å². The van der Waals surface area contributed by atoms with Crippen LogP contribution in [0, 0.1) is 17.0 Å². The molecule has 1 heterocycles. The Morgan fingerprint density at radius 2 is 1.92 bits per heavy atom. The molecule has 3 rings (SSSR count). The lowest BCUT2D eigenvalue weighted by molar-refractivity contribution is -0.384. The lowest BCUT2D eigenvalue weighted by atomic mass is 9.99. The van der Waals surface area contributed by atoms with Crippen molar-refractivity contribution < 1.29 is 9.72 Å². The number of amides is 1. The molecule has 26 heavy (non-hydrogen) atoms. The third-order valence-corrected chi connectivity index (χ3v) is 5.07. The van der Waals surface area contributed by atoms with Gasteiger partial charge in [-0.05, 0) is 49.6 Å². The minimum absolute atomic E-state index is 0.0145. The normalized spacial score (nSPS) is 17.2. The van der Waals surface area contributed by atoms with E-state index in [9.17, 15) is 14.9 Å². The van der Waals surface area contributed by atoms with E-state index in [1.807, 2.05) is 12.1 Å². The SMILES string of the molecule is Cc1ccccc1C1CCCN1CC(=O)N(C)c1ccc([N+](=O)[O-])cc1. The lowest BCUT2D eigenvalue weighted by Gasteiger charge is -2.27. The summed E-state index contributed by atoms with van der Waals surface area (Å²) in [7, 11) is 1.71. The van der Waals surface area contributed by atoms with Gasteiger partial charge in [0.1, 0.15) is 0 Å². The molecule has 0 N–H and O–H groups in total. The van der Waals surface area contributed by atoms with Gasteiger partial charge in [0.05, 0.1) is 11.5 Å². The molecule has 2 aromatic carbocycles. The molecule has 6 heteroatoms. The average molecular weight is 353 g/mol. The van der Waals surface area contributed by atoms with E-state index in [1.165, 1.54) is 23.3 Å². The molecule has 0 aromatic heterocycles. The van der Waals surface area contributed by atoms with Crippen molar-refractivity contribution in [1.82, 2.24) is 4.90 Å². The van der Waals surface area contributed by atoms with Crippen LogP contribution in [0.1, 0.15) is 30.0 Å². The van der Waals surface area contributed by atoms with E-state index in [0.29, 0.717) is 12.2 Å². The molecule has 1 saturated heterocycles. The molecule has 1 aliphatic heterocycles. The summed E-state index contributed by atoms with van der Waals surface area (Å²) in [4.78, 5) is 26.8. The fourth-order valence-electron chi connectivity index (χ4n) is 3.55. The van der Waals surface area contributed by atoms with Crippen LogP contribution in [0.4, 0.5) is 11.4 Å². The fourth-order valence-corrected chi connectivity index (χ4v) is 3.55. The predicted octanol–water partition coefficient (Wildman–Crippen LogP) is 3.70. The monoisotopic (exact) mass is 353 g/mol. The van der Waals surface area contributed by atoms with Crippen LogP contribution in [-0.2, 0) is 4.79 Å². The maximum atomic E-state index is 12.7. The van der Waals surface area contributed by atoms with E-state index in [-0.39, 0.29) is 17.6 Å². The number of carbonyl (C=O) groups excluding carboxylic acids is 1. The molecule has 0 radical (unpaired) electrons. The number of likely N-dealkylation sites (N-methyl/N-ethyl adjacent to an activating group) is 1. The minimum atomic E-state index is -0.442. The van der Waals surface area contributed by atoms with Crippen LogP contribution in [0.3, 0.4) is 0 Å². The van der Waals surface area contributed by atoms with Gasteiger partial charge in [-0.25, -0.2) is 0 Å². The minimum Gasteiger partial charge on any atom is -0.314 e. The first kappa shape index (κ1) is 18.1. The van der Waals surface area contributed by atoms with Crippen molar-refractivity contribution in [3.63, 3.8) is 0 Å². The molecule has 0 saturated carbocycles. The van der Waals surface area contributed by atoms with Crippen LogP contribution in [-0.4, -0.2) is 35.9 Å². The first-order chi connectivity index (χ1) is 12.5. The third-order valence-electron chi connectivity index (χ3n) is 5.07. The van der Waals surface area contributed by atoms with E-state index < -0.39 is 4.92 Å². The van der Waals surface area contributed by atoms with Crippen LogP contribution in [0.2, 0.25) is 0 Å². The van der Waals surface area contributed by atoms with Gasteiger partial charge in [-0.1, -0.05) is 24.3 Å². The highest BCUT2D eigenvalue weighted by molar-refractivity contribution is 5.94. The number of nitrogens with zero attached hydrogens (tertiary/aromatic N) is 3. The van der Waals surface area contributed by atoms with Gasteiger partial charge >= 0.3 is 0 Å². The van der Waals surface area contributed by atoms with Gasteiger partial charge in [0.2, 0.25) is 5.91 Å². The summed E-state index contributed by atoms with van der Waals surface area (Å²) >= 11 is 0. The van der Waals surface area contributed by atoms with Gasteiger partial charge in [0.25, 0.3) is 5.69 Å².